The molecular formula is C14H10F3NO3. The van der Waals surface area contributed by atoms with E-state index in [-0.39, 0.29) is 22.7 Å². The summed E-state index contributed by atoms with van der Waals surface area (Å²) in [6, 6.07) is 8.00. The lowest BCUT2D eigenvalue weighted by atomic mass is 10.1. The highest BCUT2D eigenvalue weighted by Gasteiger charge is 2.31. The monoisotopic (exact) mass is 297 g/mol. The van der Waals surface area contributed by atoms with Gasteiger partial charge in [0.25, 0.3) is 0 Å². The maximum absolute atomic E-state index is 12.5. The van der Waals surface area contributed by atoms with Gasteiger partial charge in [-0.05, 0) is 30.3 Å². The molecule has 0 radical (unpaired) electrons. The molecule has 7 heteroatoms. The van der Waals surface area contributed by atoms with Crippen molar-refractivity contribution in [2.45, 2.75) is 6.18 Å². The average Bonchev–Trinajstić information content (AvgIpc) is 2.40. The van der Waals surface area contributed by atoms with Crippen LogP contribution in [0.3, 0.4) is 0 Å². The normalized spacial score (nSPS) is 11.2. The molecule has 0 aromatic heterocycles. The Labute approximate surface area is 117 Å². The van der Waals surface area contributed by atoms with E-state index in [2.05, 4.69) is 0 Å². The lowest BCUT2D eigenvalue weighted by Crippen LogP contribution is -2.11. The number of rotatable bonds is 2. The summed E-state index contributed by atoms with van der Waals surface area (Å²) in [7, 11) is 0. The van der Waals surface area contributed by atoms with Crippen LogP contribution in [0.5, 0.6) is 11.5 Å². The summed E-state index contributed by atoms with van der Waals surface area (Å²) in [6.07, 6.45) is -4.53. The van der Waals surface area contributed by atoms with Crippen LogP contribution in [-0.2, 0) is 6.18 Å². The van der Waals surface area contributed by atoms with Crippen LogP contribution in [0.25, 0.3) is 0 Å². The van der Waals surface area contributed by atoms with E-state index in [0.29, 0.717) is 6.07 Å². The Morgan fingerprint density at radius 2 is 1.81 bits per heavy atom. The van der Waals surface area contributed by atoms with Crippen LogP contribution in [0, 0.1) is 0 Å². The van der Waals surface area contributed by atoms with Gasteiger partial charge in [0.05, 0.1) is 11.3 Å². The van der Waals surface area contributed by atoms with E-state index in [1.807, 2.05) is 0 Å². The number of phenolic OH excluding ortho intramolecular Hbond substituents is 1. The molecule has 0 aliphatic heterocycles. The number of hydrogen-bond acceptors (Lipinski definition) is 4. The van der Waals surface area contributed by atoms with Crippen molar-refractivity contribution < 1.29 is 27.8 Å². The molecule has 0 amide bonds. The summed E-state index contributed by atoms with van der Waals surface area (Å²) in [5, 5.41) is 9.50. The Kier molecular flexibility index (Phi) is 3.75. The molecule has 0 bridgehead atoms. The van der Waals surface area contributed by atoms with Crippen LogP contribution >= 0.6 is 0 Å². The predicted molar refractivity (Wildman–Crippen MR) is 68.9 cm³/mol. The highest BCUT2D eigenvalue weighted by Crippen LogP contribution is 2.34. The molecule has 4 nitrogen and oxygen atoms in total. The van der Waals surface area contributed by atoms with Gasteiger partial charge in [0.15, 0.2) is 5.75 Å². The minimum absolute atomic E-state index is 0.114. The number of carbonyl (C=O) groups is 1. The molecule has 0 unspecified atom stereocenters. The Morgan fingerprint density at radius 3 is 2.38 bits per heavy atom. The molecule has 0 spiro atoms. The maximum atomic E-state index is 12.5. The van der Waals surface area contributed by atoms with Crippen LogP contribution < -0.4 is 10.5 Å². The second-order valence-corrected chi connectivity index (χ2v) is 4.16. The maximum Gasteiger partial charge on any atom is 0.416 e. The highest BCUT2D eigenvalue weighted by atomic mass is 19.4. The summed E-state index contributed by atoms with van der Waals surface area (Å²) in [4.78, 5) is 11.8. The Balaban J connectivity index is 2.25. The lowest BCUT2D eigenvalue weighted by Gasteiger charge is -2.11. The number of aromatic hydroxyl groups is 1. The van der Waals surface area contributed by atoms with E-state index in [0.717, 1.165) is 12.1 Å². The van der Waals surface area contributed by atoms with Gasteiger partial charge in [0, 0.05) is 0 Å². The van der Waals surface area contributed by atoms with Crippen molar-refractivity contribution in [3.63, 3.8) is 0 Å². The fourth-order valence-electron chi connectivity index (χ4n) is 1.62. The number of ether oxygens (including phenoxy) is 1. The Hall–Kier alpha value is -2.70. The van der Waals surface area contributed by atoms with Crippen molar-refractivity contribution in [2.75, 3.05) is 5.73 Å². The lowest BCUT2D eigenvalue weighted by molar-refractivity contribution is -0.137. The number of phenols is 1. The zero-order chi connectivity index (χ0) is 15.6. The number of nitrogens with two attached hydrogens (primary N) is 1. The van der Waals surface area contributed by atoms with E-state index in [1.165, 1.54) is 24.3 Å². The number of hydrogen-bond donors (Lipinski definition) is 2. The summed E-state index contributed by atoms with van der Waals surface area (Å²) in [5.41, 5.74) is 4.06. The molecule has 2 rings (SSSR count). The van der Waals surface area contributed by atoms with Gasteiger partial charge in [-0.15, -0.1) is 0 Å². The molecule has 0 atom stereocenters. The van der Waals surface area contributed by atoms with Gasteiger partial charge in [-0.2, -0.15) is 13.2 Å². The van der Waals surface area contributed by atoms with E-state index < -0.39 is 17.7 Å². The summed E-state index contributed by atoms with van der Waals surface area (Å²) >= 11 is 0. The van der Waals surface area contributed by atoms with Gasteiger partial charge in [0.1, 0.15) is 11.3 Å². The van der Waals surface area contributed by atoms with Crippen LogP contribution in [0.4, 0.5) is 18.9 Å². The zero-order valence-corrected chi connectivity index (χ0v) is 10.5. The largest absolute Gasteiger partial charge is 0.507 e. The molecule has 0 aliphatic carbocycles. The third kappa shape index (κ3) is 3.25. The molecule has 0 heterocycles. The van der Waals surface area contributed by atoms with E-state index in [9.17, 15) is 23.1 Å². The SMILES string of the molecule is Nc1cc(C(F)(F)F)ccc1OC(=O)c1ccccc1O. The van der Waals surface area contributed by atoms with Crippen LogP contribution in [0.1, 0.15) is 15.9 Å². The van der Waals surface area contributed by atoms with Crippen LogP contribution in [-0.4, -0.2) is 11.1 Å². The summed E-state index contributed by atoms with van der Waals surface area (Å²) in [6.45, 7) is 0. The number of carbonyl (C=O) groups excluding carboxylic acids is 1. The smallest absolute Gasteiger partial charge is 0.416 e. The first-order valence-corrected chi connectivity index (χ1v) is 5.76. The van der Waals surface area contributed by atoms with Gasteiger partial charge < -0.3 is 15.6 Å². The topological polar surface area (TPSA) is 72.5 Å². The van der Waals surface area contributed by atoms with Crippen LogP contribution in [0.2, 0.25) is 0 Å². The van der Waals surface area contributed by atoms with E-state index in [1.54, 1.807) is 0 Å². The van der Waals surface area contributed by atoms with E-state index in [4.69, 9.17) is 10.5 Å². The molecule has 0 fully saturated rings. The second kappa shape index (κ2) is 5.35. The standard InChI is InChI=1S/C14H10F3NO3/c15-14(16,17)8-5-6-12(10(18)7-8)21-13(20)9-3-1-2-4-11(9)19/h1-7,19H,18H2. The third-order valence-corrected chi connectivity index (χ3v) is 2.66. The van der Waals surface area contributed by atoms with Crippen molar-refractivity contribution in [1.82, 2.24) is 0 Å². The number of benzene rings is 2. The van der Waals surface area contributed by atoms with Crippen molar-refractivity contribution in [3.8, 4) is 11.5 Å². The summed E-state index contributed by atoms with van der Waals surface area (Å²) < 4.78 is 42.3. The fourth-order valence-corrected chi connectivity index (χ4v) is 1.62. The number of alkyl halides is 3. The molecule has 3 N–H and O–H groups in total. The zero-order valence-electron chi connectivity index (χ0n) is 10.5. The first kappa shape index (κ1) is 14.7. The quantitative estimate of drug-likeness (QED) is 0.507. The predicted octanol–water partition coefficient (Wildman–Crippen LogP) is 3.21. The number of para-hydroxylation sites is 1. The van der Waals surface area contributed by atoms with Crippen molar-refractivity contribution in [2.24, 2.45) is 0 Å². The molecule has 2 aromatic carbocycles. The second-order valence-electron chi connectivity index (χ2n) is 4.16. The number of esters is 1. The molecule has 21 heavy (non-hydrogen) atoms. The number of anilines is 1. The van der Waals surface area contributed by atoms with Gasteiger partial charge in [-0.25, -0.2) is 4.79 Å². The van der Waals surface area contributed by atoms with Crippen molar-refractivity contribution >= 4 is 11.7 Å². The summed E-state index contributed by atoms with van der Waals surface area (Å²) in [5.74, 6) is -1.43. The van der Waals surface area contributed by atoms with Crippen LogP contribution in [0.15, 0.2) is 42.5 Å². The Bertz CT molecular complexity index is 683. The average molecular weight is 297 g/mol. The van der Waals surface area contributed by atoms with Gasteiger partial charge in [-0.1, -0.05) is 12.1 Å². The molecular weight excluding hydrogens is 287 g/mol. The molecule has 110 valence electrons. The Morgan fingerprint density at radius 1 is 1.14 bits per heavy atom. The highest BCUT2D eigenvalue weighted by molar-refractivity contribution is 5.94. The van der Waals surface area contributed by atoms with Gasteiger partial charge in [0.2, 0.25) is 0 Å². The molecule has 0 aliphatic rings. The van der Waals surface area contributed by atoms with Gasteiger partial charge in [-0.3, -0.25) is 0 Å². The van der Waals surface area contributed by atoms with Gasteiger partial charge >= 0.3 is 12.1 Å². The number of halogens is 3. The van der Waals surface area contributed by atoms with Crippen molar-refractivity contribution in [3.05, 3.63) is 53.6 Å². The first-order valence-electron chi connectivity index (χ1n) is 5.76. The number of nitrogen functional groups attached to an aromatic ring is 1. The minimum Gasteiger partial charge on any atom is -0.507 e. The third-order valence-electron chi connectivity index (χ3n) is 2.66. The molecule has 0 saturated carbocycles. The van der Waals surface area contributed by atoms with E-state index >= 15 is 0 Å². The van der Waals surface area contributed by atoms with Crippen molar-refractivity contribution in [1.29, 1.82) is 0 Å². The minimum atomic E-state index is -4.53. The fraction of sp³-hybridized carbons (Fsp3) is 0.0714. The molecule has 2 aromatic rings. The molecule has 0 saturated heterocycles. The first-order chi connectivity index (χ1) is 9.79.